The summed E-state index contributed by atoms with van der Waals surface area (Å²) in [6.45, 7) is 2.83. The molecule has 0 saturated carbocycles. The third kappa shape index (κ3) is 5.80. The van der Waals surface area contributed by atoms with E-state index in [4.69, 9.17) is 29.0 Å². The van der Waals surface area contributed by atoms with E-state index in [-0.39, 0.29) is 0 Å². The lowest BCUT2D eigenvalue weighted by atomic mass is 10.2. The molecular formula is C17H18Cl2N6O. The number of anilines is 1. The SMILES string of the molecule is Cc1cc(NCCN=C(/C=C\C=O)NN)nc(-c2ccc(Cl)cc2Cl)n1. The van der Waals surface area contributed by atoms with Crippen molar-refractivity contribution in [2.45, 2.75) is 6.92 Å². The van der Waals surface area contributed by atoms with Crippen LogP contribution in [-0.4, -0.2) is 35.2 Å². The molecule has 1 aromatic carbocycles. The van der Waals surface area contributed by atoms with E-state index in [0.29, 0.717) is 52.5 Å². The summed E-state index contributed by atoms with van der Waals surface area (Å²) < 4.78 is 0. The molecule has 0 unspecified atom stereocenters. The number of halogens is 2. The van der Waals surface area contributed by atoms with Crippen molar-refractivity contribution < 1.29 is 4.79 Å². The standard InChI is InChI=1S/C17H18Cl2N6O/c1-11-9-16(22-7-6-21-15(25-20)3-2-8-26)24-17(23-11)13-5-4-12(18)10-14(13)19/h2-5,8-10H,6-7,20H2,1H3,(H,21,25)(H,22,23,24)/b3-2-. The first-order chi connectivity index (χ1) is 12.5. The molecular weight excluding hydrogens is 375 g/mol. The molecule has 0 atom stereocenters. The quantitative estimate of drug-likeness (QED) is 0.127. The van der Waals surface area contributed by atoms with E-state index in [1.54, 1.807) is 18.2 Å². The Labute approximate surface area is 161 Å². The van der Waals surface area contributed by atoms with E-state index >= 15 is 0 Å². The molecule has 0 bridgehead atoms. The third-order valence-electron chi connectivity index (χ3n) is 3.21. The van der Waals surface area contributed by atoms with Gasteiger partial charge in [-0.25, -0.2) is 15.8 Å². The van der Waals surface area contributed by atoms with E-state index in [1.807, 2.05) is 13.0 Å². The van der Waals surface area contributed by atoms with Crippen molar-refractivity contribution in [1.29, 1.82) is 0 Å². The number of aromatic nitrogens is 2. The first-order valence-electron chi connectivity index (χ1n) is 7.71. The summed E-state index contributed by atoms with van der Waals surface area (Å²) in [4.78, 5) is 23.4. The molecule has 0 spiro atoms. The van der Waals surface area contributed by atoms with Crippen molar-refractivity contribution in [3.8, 4) is 11.4 Å². The van der Waals surface area contributed by atoms with Crippen LogP contribution in [0.4, 0.5) is 5.82 Å². The van der Waals surface area contributed by atoms with Gasteiger partial charge in [0.15, 0.2) is 5.82 Å². The maximum absolute atomic E-state index is 10.3. The number of carbonyl (C=O) groups is 1. The van der Waals surface area contributed by atoms with Gasteiger partial charge in [-0.3, -0.25) is 9.79 Å². The van der Waals surface area contributed by atoms with Gasteiger partial charge in [-0.1, -0.05) is 23.2 Å². The highest BCUT2D eigenvalue weighted by Crippen LogP contribution is 2.28. The second-order valence-corrected chi connectivity index (χ2v) is 6.02. The van der Waals surface area contributed by atoms with Crippen LogP contribution in [0.2, 0.25) is 10.0 Å². The van der Waals surface area contributed by atoms with Crippen molar-refractivity contribution >= 4 is 41.1 Å². The Morgan fingerprint density at radius 1 is 1.31 bits per heavy atom. The lowest BCUT2D eigenvalue weighted by Gasteiger charge is -2.09. The van der Waals surface area contributed by atoms with Gasteiger partial charge < -0.3 is 10.7 Å². The fraction of sp³-hybridized carbons (Fsp3) is 0.176. The zero-order valence-electron chi connectivity index (χ0n) is 14.0. The zero-order chi connectivity index (χ0) is 18.9. The molecule has 136 valence electrons. The summed E-state index contributed by atoms with van der Waals surface area (Å²) in [5, 5.41) is 4.21. The second-order valence-electron chi connectivity index (χ2n) is 5.18. The maximum atomic E-state index is 10.3. The number of hydrazine groups is 1. The number of nitrogens with one attached hydrogen (secondary N) is 2. The molecule has 1 aromatic heterocycles. The number of nitrogens with zero attached hydrogens (tertiary/aromatic N) is 3. The number of carbonyl (C=O) groups excluding carboxylic acids is 1. The molecule has 4 N–H and O–H groups in total. The fourth-order valence-corrected chi connectivity index (χ4v) is 2.58. The number of hydrogen-bond donors (Lipinski definition) is 3. The number of amidine groups is 1. The van der Waals surface area contributed by atoms with Gasteiger partial charge in [-0.05, 0) is 37.3 Å². The number of nitrogens with two attached hydrogens (primary N) is 1. The summed E-state index contributed by atoms with van der Waals surface area (Å²) in [5.41, 5.74) is 3.91. The average Bonchev–Trinajstić information content (AvgIpc) is 2.60. The van der Waals surface area contributed by atoms with Crippen LogP contribution in [0.3, 0.4) is 0 Å². The summed E-state index contributed by atoms with van der Waals surface area (Å²) in [6, 6.07) is 7.00. The topological polar surface area (TPSA) is 105 Å². The molecule has 2 rings (SSSR count). The Bertz CT molecular complexity index is 838. The Morgan fingerprint density at radius 3 is 2.81 bits per heavy atom. The van der Waals surface area contributed by atoms with Crippen LogP contribution >= 0.6 is 23.2 Å². The van der Waals surface area contributed by atoms with Crippen molar-refractivity contribution in [3.63, 3.8) is 0 Å². The summed E-state index contributed by atoms with van der Waals surface area (Å²) in [5.74, 6) is 6.90. The number of allylic oxidation sites excluding steroid dienone is 1. The number of aldehydes is 1. The van der Waals surface area contributed by atoms with Crippen LogP contribution in [0.15, 0.2) is 41.4 Å². The van der Waals surface area contributed by atoms with Gasteiger partial charge in [0.05, 0.1) is 11.6 Å². The molecule has 0 radical (unpaired) electrons. The molecule has 1 heterocycles. The molecule has 2 aromatic rings. The lowest BCUT2D eigenvalue weighted by molar-refractivity contribution is -0.104. The maximum Gasteiger partial charge on any atom is 0.163 e. The van der Waals surface area contributed by atoms with Crippen LogP contribution in [0.5, 0.6) is 0 Å². The predicted molar refractivity (Wildman–Crippen MR) is 106 cm³/mol. The number of aryl methyl sites for hydroxylation is 1. The molecule has 0 aliphatic carbocycles. The van der Waals surface area contributed by atoms with Gasteiger partial charge in [-0.2, -0.15) is 0 Å². The Kier molecular flexibility index (Phi) is 7.53. The van der Waals surface area contributed by atoms with E-state index in [1.165, 1.54) is 12.2 Å². The van der Waals surface area contributed by atoms with Crippen LogP contribution in [0.1, 0.15) is 5.69 Å². The van der Waals surface area contributed by atoms with Gasteiger partial charge in [0.25, 0.3) is 0 Å². The zero-order valence-corrected chi connectivity index (χ0v) is 15.6. The van der Waals surface area contributed by atoms with E-state index in [9.17, 15) is 4.79 Å². The van der Waals surface area contributed by atoms with Crippen molar-refractivity contribution in [3.05, 3.63) is 52.2 Å². The second kappa shape index (κ2) is 9.86. The van der Waals surface area contributed by atoms with Crippen LogP contribution in [-0.2, 0) is 4.79 Å². The first kappa shape index (κ1) is 19.8. The van der Waals surface area contributed by atoms with Gasteiger partial charge in [0.1, 0.15) is 17.9 Å². The molecule has 0 aliphatic heterocycles. The highest BCUT2D eigenvalue weighted by molar-refractivity contribution is 6.36. The summed E-state index contributed by atoms with van der Waals surface area (Å²) >= 11 is 12.2. The van der Waals surface area contributed by atoms with E-state index in [2.05, 4.69) is 25.7 Å². The Morgan fingerprint density at radius 2 is 2.12 bits per heavy atom. The third-order valence-corrected chi connectivity index (χ3v) is 3.75. The monoisotopic (exact) mass is 392 g/mol. The van der Waals surface area contributed by atoms with Crippen LogP contribution < -0.4 is 16.6 Å². The first-order valence-corrected chi connectivity index (χ1v) is 8.47. The summed E-state index contributed by atoms with van der Waals surface area (Å²) in [7, 11) is 0. The van der Waals surface area contributed by atoms with Crippen LogP contribution in [0, 0.1) is 6.92 Å². The minimum absolute atomic E-state index is 0.409. The van der Waals surface area contributed by atoms with Crippen molar-refractivity contribution in [2.24, 2.45) is 10.8 Å². The molecule has 7 nitrogen and oxygen atoms in total. The Hall–Kier alpha value is -2.48. The molecule has 0 amide bonds. The van der Waals surface area contributed by atoms with Gasteiger partial charge in [0, 0.05) is 28.9 Å². The lowest BCUT2D eigenvalue weighted by Crippen LogP contribution is -2.29. The minimum atomic E-state index is 0.409. The number of rotatable bonds is 7. The van der Waals surface area contributed by atoms with Crippen molar-refractivity contribution in [1.82, 2.24) is 15.4 Å². The normalized spacial score (nSPS) is 11.6. The molecule has 0 fully saturated rings. The van der Waals surface area contributed by atoms with Crippen LogP contribution in [0.25, 0.3) is 11.4 Å². The van der Waals surface area contributed by atoms with Gasteiger partial charge >= 0.3 is 0 Å². The minimum Gasteiger partial charge on any atom is -0.368 e. The van der Waals surface area contributed by atoms with E-state index < -0.39 is 0 Å². The van der Waals surface area contributed by atoms with Crippen molar-refractivity contribution in [2.75, 3.05) is 18.4 Å². The Balaban J connectivity index is 2.09. The van der Waals surface area contributed by atoms with Gasteiger partial charge in [0.2, 0.25) is 0 Å². The van der Waals surface area contributed by atoms with E-state index in [0.717, 1.165) is 5.69 Å². The largest absolute Gasteiger partial charge is 0.368 e. The molecule has 26 heavy (non-hydrogen) atoms. The molecule has 0 saturated heterocycles. The smallest absolute Gasteiger partial charge is 0.163 e. The predicted octanol–water partition coefficient (Wildman–Crippen LogP) is 2.79. The molecule has 9 heteroatoms. The highest BCUT2D eigenvalue weighted by atomic mass is 35.5. The number of aliphatic imine (C=N–C) groups is 1. The fourth-order valence-electron chi connectivity index (χ4n) is 2.09. The number of benzene rings is 1. The highest BCUT2D eigenvalue weighted by Gasteiger charge is 2.09. The molecule has 0 aliphatic rings. The summed E-state index contributed by atoms with van der Waals surface area (Å²) in [6.07, 6.45) is 3.45. The number of hydrogen-bond acceptors (Lipinski definition) is 6. The van der Waals surface area contributed by atoms with Gasteiger partial charge in [-0.15, -0.1) is 0 Å². The average molecular weight is 393 g/mol.